The second kappa shape index (κ2) is 7.67. The molecule has 0 saturated heterocycles. The topological polar surface area (TPSA) is 114 Å². The average Bonchev–Trinajstić information content (AvgIpc) is 2.99. The molecule has 2 N–H and O–H groups in total. The molecule has 0 spiro atoms. The van der Waals surface area contributed by atoms with E-state index in [4.69, 9.17) is 0 Å². The Kier molecular flexibility index (Phi) is 5.33. The number of hydrogen-bond acceptors (Lipinski definition) is 8. The van der Waals surface area contributed by atoms with E-state index in [0.29, 0.717) is 27.1 Å². The first-order valence-electron chi connectivity index (χ1n) is 7.44. The molecular formula is C16H14N4O4S2. The van der Waals surface area contributed by atoms with Crippen molar-refractivity contribution in [2.45, 2.75) is 12.1 Å². The first-order chi connectivity index (χ1) is 12.4. The molecule has 0 fully saturated rings. The Morgan fingerprint density at radius 1 is 1.31 bits per heavy atom. The molecule has 10 heteroatoms. The number of hydrogen-bond donors (Lipinski definition) is 2. The number of anilines is 1. The number of aromatic nitrogens is 3. The van der Waals surface area contributed by atoms with Crippen LogP contribution in [0.1, 0.15) is 16.1 Å². The van der Waals surface area contributed by atoms with Gasteiger partial charge in [-0.05, 0) is 25.1 Å². The van der Waals surface area contributed by atoms with Crippen molar-refractivity contribution in [3.8, 4) is 0 Å². The standard InChI is InChI=1S/C16H14N4O4S2/c1-8-5-12(21)19-15(17-8)25-7-13(22)20-16-18-10-4-3-9(14(23)24-2)6-11(10)26-16/h3-6H,7H2,1-2H3,(H,17,19,21)(H,18,20,22). The quantitative estimate of drug-likeness (QED) is 0.390. The molecule has 0 unspecified atom stereocenters. The number of carbonyl (C=O) groups is 2. The van der Waals surface area contributed by atoms with Crippen LogP contribution in [-0.4, -0.2) is 39.7 Å². The van der Waals surface area contributed by atoms with Crippen molar-refractivity contribution in [1.82, 2.24) is 15.0 Å². The number of fused-ring (bicyclic) bond motifs is 1. The number of thioether (sulfide) groups is 1. The van der Waals surface area contributed by atoms with Crippen LogP contribution in [0.15, 0.2) is 34.2 Å². The number of nitrogens with zero attached hydrogens (tertiary/aromatic N) is 2. The SMILES string of the molecule is COC(=O)c1ccc2nc(NC(=O)CSc3nc(C)cc(=O)[nH]3)sc2c1. The van der Waals surface area contributed by atoms with Gasteiger partial charge in [0.05, 0.1) is 28.6 Å². The third kappa shape index (κ3) is 4.27. The van der Waals surface area contributed by atoms with Crippen LogP contribution < -0.4 is 10.9 Å². The summed E-state index contributed by atoms with van der Waals surface area (Å²) in [5, 5.41) is 3.52. The summed E-state index contributed by atoms with van der Waals surface area (Å²) in [5.74, 6) is -0.622. The minimum atomic E-state index is -0.429. The van der Waals surface area contributed by atoms with E-state index in [9.17, 15) is 14.4 Å². The molecule has 0 radical (unpaired) electrons. The number of benzene rings is 1. The molecule has 0 bridgehead atoms. The molecular weight excluding hydrogens is 376 g/mol. The van der Waals surface area contributed by atoms with Gasteiger partial charge >= 0.3 is 5.97 Å². The van der Waals surface area contributed by atoms with Crippen molar-refractivity contribution in [3.05, 3.63) is 45.9 Å². The van der Waals surface area contributed by atoms with Crippen LogP contribution in [0.5, 0.6) is 0 Å². The number of carbonyl (C=O) groups excluding carboxylic acids is 2. The number of nitrogens with one attached hydrogen (secondary N) is 2. The van der Waals surface area contributed by atoms with Gasteiger partial charge in [0.25, 0.3) is 5.56 Å². The van der Waals surface area contributed by atoms with E-state index in [1.807, 2.05) is 0 Å². The summed E-state index contributed by atoms with van der Waals surface area (Å²) in [6.07, 6.45) is 0. The summed E-state index contributed by atoms with van der Waals surface area (Å²) < 4.78 is 5.45. The zero-order chi connectivity index (χ0) is 18.7. The molecule has 0 aliphatic carbocycles. The predicted molar refractivity (Wildman–Crippen MR) is 99.9 cm³/mol. The molecule has 0 atom stereocenters. The molecule has 8 nitrogen and oxygen atoms in total. The molecule has 134 valence electrons. The number of H-pyrrole nitrogens is 1. The summed E-state index contributed by atoms with van der Waals surface area (Å²) >= 11 is 2.39. The van der Waals surface area contributed by atoms with Crippen molar-refractivity contribution in [3.63, 3.8) is 0 Å². The van der Waals surface area contributed by atoms with Crippen LogP contribution in [-0.2, 0) is 9.53 Å². The monoisotopic (exact) mass is 390 g/mol. The van der Waals surface area contributed by atoms with Crippen LogP contribution in [0.2, 0.25) is 0 Å². The molecule has 0 aliphatic heterocycles. The minimum absolute atomic E-state index is 0.0791. The van der Waals surface area contributed by atoms with Gasteiger partial charge in [-0.1, -0.05) is 23.1 Å². The fourth-order valence-electron chi connectivity index (χ4n) is 2.13. The highest BCUT2D eigenvalue weighted by atomic mass is 32.2. The van der Waals surface area contributed by atoms with Crippen LogP contribution in [0.4, 0.5) is 5.13 Å². The van der Waals surface area contributed by atoms with Crippen LogP contribution in [0, 0.1) is 6.92 Å². The van der Waals surface area contributed by atoms with Gasteiger partial charge in [0.1, 0.15) is 0 Å². The summed E-state index contributed by atoms with van der Waals surface area (Å²) in [7, 11) is 1.32. The molecule has 26 heavy (non-hydrogen) atoms. The summed E-state index contributed by atoms with van der Waals surface area (Å²) in [6.45, 7) is 1.71. The largest absolute Gasteiger partial charge is 0.465 e. The van der Waals surface area contributed by atoms with Gasteiger partial charge in [-0.3, -0.25) is 9.59 Å². The molecule has 1 amide bonds. The normalized spacial score (nSPS) is 10.7. The van der Waals surface area contributed by atoms with Crippen LogP contribution in [0.25, 0.3) is 10.2 Å². The lowest BCUT2D eigenvalue weighted by Crippen LogP contribution is -2.15. The number of aryl methyl sites for hydroxylation is 1. The van der Waals surface area contributed by atoms with E-state index in [2.05, 4.69) is 25.0 Å². The van der Waals surface area contributed by atoms with E-state index < -0.39 is 5.97 Å². The minimum Gasteiger partial charge on any atom is -0.465 e. The zero-order valence-electron chi connectivity index (χ0n) is 13.9. The molecule has 3 aromatic rings. The number of amides is 1. The van der Waals surface area contributed by atoms with Gasteiger partial charge in [-0.25, -0.2) is 14.8 Å². The van der Waals surface area contributed by atoms with Gasteiger partial charge in [0, 0.05) is 11.8 Å². The highest BCUT2D eigenvalue weighted by Crippen LogP contribution is 2.27. The number of aromatic amines is 1. The highest BCUT2D eigenvalue weighted by molar-refractivity contribution is 7.99. The summed E-state index contributed by atoms with van der Waals surface area (Å²) in [4.78, 5) is 46.1. The van der Waals surface area contributed by atoms with Crippen molar-refractivity contribution in [2.24, 2.45) is 0 Å². The third-order valence-corrected chi connectivity index (χ3v) is 5.05. The molecule has 0 aliphatic rings. The lowest BCUT2D eigenvalue weighted by Gasteiger charge is -2.02. The molecule has 2 heterocycles. The smallest absolute Gasteiger partial charge is 0.337 e. The Hall–Kier alpha value is -2.72. The maximum Gasteiger partial charge on any atom is 0.337 e. The Labute approximate surface area is 156 Å². The van der Waals surface area contributed by atoms with Gasteiger partial charge in [0.2, 0.25) is 5.91 Å². The van der Waals surface area contributed by atoms with E-state index in [0.717, 1.165) is 16.5 Å². The van der Waals surface area contributed by atoms with Gasteiger partial charge in [-0.2, -0.15) is 0 Å². The fourth-order valence-corrected chi connectivity index (χ4v) is 3.77. The van der Waals surface area contributed by atoms with E-state index in [1.165, 1.54) is 24.5 Å². The second-order valence-electron chi connectivity index (χ2n) is 5.22. The fraction of sp³-hybridized carbons (Fsp3) is 0.188. The lowest BCUT2D eigenvalue weighted by atomic mass is 10.2. The highest BCUT2D eigenvalue weighted by Gasteiger charge is 2.12. The Balaban J connectivity index is 1.67. The maximum absolute atomic E-state index is 12.1. The number of ether oxygens (including phenoxy) is 1. The van der Waals surface area contributed by atoms with E-state index in [-0.39, 0.29) is 17.2 Å². The Morgan fingerprint density at radius 3 is 2.85 bits per heavy atom. The summed E-state index contributed by atoms with van der Waals surface area (Å²) in [5.41, 5.74) is 1.43. The third-order valence-electron chi connectivity index (χ3n) is 3.24. The van der Waals surface area contributed by atoms with Crippen LogP contribution >= 0.6 is 23.1 Å². The van der Waals surface area contributed by atoms with Crippen molar-refractivity contribution in [1.29, 1.82) is 0 Å². The number of thiazole rings is 1. The van der Waals surface area contributed by atoms with Crippen molar-refractivity contribution < 1.29 is 14.3 Å². The van der Waals surface area contributed by atoms with Gasteiger partial charge in [0.15, 0.2) is 10.3 Å². The van der Waals surface area contributed by atoms with Crippen molar-refractivity contribution >= 4 is 50.3 Å². The first-order valence-corrected chi connectivity index (χ1v) is 9.24. The molecule has 3 rings (SSSR count). The average molecular weight is 390 g/mol. The van der Waals surface area contributed by atoms with Gasteiger partial charge in [-0.15, -0.1) is 0 Å². The lowest BCUT2D eigenvalue weighted by molar-refractivity contribution is -0.113. The second-order valence-corrected chi connectivity index (χ2v) is 7.22. The summed E-state index contributed by atoms with van der Waals surface area (Å²) in [6, 6.07) is 6.37. The van der Waals surface area contributed by atoms with Crippen molar-refractivity contribution in [2.75, 3.05) is 18.2 Å². The Bertz CT molecular complexity index is 1040. The maximum atomic E-state index is 12.1. The Morgan fingerprint density at radius 2 is 2.12 bits per heavy atom. The molecule has 2 aromatic heterocycles. The predicted octanol–water partition coefficient (Wildman–Crippen LogP) is 2.21. The molecule has 0 saturated carbocycles. The molecule has 1 aromatic carbocycles. The van der Waals surface area contributed by atoms with Crippen LogP contribution in [0.3, 0.4) is 0 Å². The number of rotatable bonds is 5. The zero-order valence-corrected chi connectivity index (χ0v) is 15.5. The number of esters is 1. The van der Waals surface area contributed by atoms with E-state index >= 15 is 0 Å². The van der Waals surface area contributed by atoms with E-state index in [1.54, 1.807) is 25.1 Å². The number of methoxy groups -OCH3 is 1. The van der Waals surface area contributed by atoms with Gasteiger partial charge < -0.3 is 15.0 Å². The first kappa shape index (κ1) is 18.1.